The first-order chi connectivity index (χ1) is 9.61. The zero-order chi connectivity index (χ0) is 14.5. The number of benzene rings is 1. The maximum atomic E-state index is 13.9. The molecule has 0 aliphatic carbocycles. The van der Waals surface area contributed by atoms with Crippen LogP contribution in [0, 0.1) is 5.82 Å². The van der Waals surface area contributed by atoms with Crippen molar-refractivity contribution >= 4 is 22.9 Å². The van der Waals surface area contributed by atoms with Crippen molar-refractivity contribution in [3.8, 4) is 0 Å². The van der Waals surface area contributed by atoms with Crippen molar-refractivity contribution < 1.29 is 4.39 Å². The molecule has 0 radical (unpaired) electrons. The molecule has 0 amide bonds. The topological polar surface area (TPSA) is 50.9 Å². The smallest absolute Gasteiger partial charge is 0.146 e. The van der Waals surface area contributed by atoms with Crippen molar-refractivity contribution in [2.24, 2.45) is 5.73 Å². The minimum atomic E-state index is -0.371. The van der Waals surface area contributed by atoms with E-state index in [2.05, 4.69) is 17.2 Å². The number of anilines is 1. The van der Waals surface area contributed by atoms with Crippen LogP contribution < -0.4 is 11.1 Å². The number of aromatic nitrogens is 1. The minimum absolute atomic E-state index is 0.188. The molecule has 0 fully saturated rings. The zero-order valence-electron chi connectivity index (χ0n) is 11.2. The number of thiocarbonyl (C=S) groups is 1. The van der Waals surface area contributed by atoms with Crippen molar-refractivity contribution in [1.29, 1.82) is 0 Å². The van der Waals surface area contributed by atoms with Gasteiger partial charge in [0.2, 0.25) is 0 Å². The second-order valence-electron chi connectivity index (χ2n) is 4.38. The summed E-state index contributed by atoms with van der Waals surface area (Å²) in [5.74, 6) is -0.371. The van der Waals surface area contributed by atoms with Gasteiger partial charge >= 0.3 is 0 Å². The van der Waals surface area contributed by atoms with Crippen LogP contribution in [0.1, 0.15) is 23.7 Å². The van der Waals surface area contributed by atoms with Gasteiger partial charge in [-0.3, -0.25) is 4.98 Å². The van der Waals surface area contributed by atoms with E-state index in [0.717, 1.165) is 17.7 Å². The predicted molar refractivity (Wildman–Crippen MR) is 83.2 cm³/mol. The summed E-state index contributed by atoms with van der Waals surface area (Å²) in [4.78, 5) is 4.50. The molecule has 2 aromatic rings. The third-order valence-corrected chi connectivity index (χ3v) is 3.30. The molecule has 0 unspecified atom stereocenters. The fourth-order valence-electron chi connectivity index (χ4n) is 1.94. The lowest BCUT2D eigenvalue weighted by Crippen LogP contribution is -2.11. The molecule has 20 heavy (non-hydrogen) atoms. The van der Waals surface area contributed by atoms with Crippen LogP contribution >= 0.6 is 12.2 Å². The number of nitrogens with zero attached hydrogens (tertiary/aromatic N) is 1. The van der Waals surface area contributed by atoms with E-state index in [-0.39, 0.29) is 10.8 Å². The SMILES string of the molecule is CCc1cccnc1CNc1ccc(C(N)=S)cc1F. The number of aryl methyl sites for hydroxylation is 1. The second kappa shape index (κ2) is 6.43. The number of pyridine rings is 1. The van der Waals surface area contributed by atoms with Gasteiger partial charge in [0.15, 0.2) is 0 Å². The van der Waals surface area contributed by atoms with Crippen LogP contribution in [0.5, 0.6) is 0 Å². The number of hydrogen-bond acceptors (Lipinski definition) is 3. The highest BCUT2D eigenvalue weighted by Crippen LogP contribution is 2.17. The summed E-state index contributed by atoms with van der Waals surface area (Å²) >= 11 is 4.82. The first-order valence-corrected chi connectivity index (χ1v) is 6.78. The quantitative estimate of drug-likeness (QED) is 0.831. The molecule has 3 nitrogen and oxygen atoms in total. The Hall–Kier alpha value is -2.01. The van der Waals surface area contributed by atoms with Crippen LogP contribution in [-0.2, 0) is 13.0 Å². The van der Waals surface area contributed by atoms with E-state index in [0.29, 0.717) is 17.8 Å². The van der Waals surface area contributed by atoms with E-state index in [1.807, 2.05) is 12.1 Å². The van der Waals surface area contributed by atoms with Gasteiger partial charge in [-0.05, 0) is 36.2 Å². The van der Waals surface area contributed by atoms with Crippen LogP contribution in [-0.4, -0.2) is 9.97 Å². The Morgan fingerprint density at radius 2 is 2.20 bits per heavy atom. The lowest BCUT2D eigenvalue weighted by atomic mass is 10.1. The van der Waals surface area contributed by atoms with Gasteiger partial charge in [-0.2, -0.15) is 0 Å². The van der Waals surface area contributed by atoms with Crippen molar-refractivity contribution in [1.82, 2.24) is 4.98 Å². The Morgan fingerprint density at radius 1 is 1.40 bits per heavy atom. The summed E-state index contributed by atoms with van der Waals surface area (Å²) in [6.45, 7) is 2.55. The highest BCUT2D eigenvalue weighted by Gasteiger charge is 2.06. The maximum absolute atomic E-state index is 13.9. The monoisotopic (exact) mass is 289 g/mol. The van der Waals surface area contributed by atoms with Crippen molar-refractivity contribution in [2.45, 2.75) is 19.9 Å². The minimum Gasteiger partial charge on any atom is -0.389 e. The van der Waals surface area contributed by atoms with E-state index in [4.69, 9.17) is 18.0 Å². The number of nitrogens with two attached hydrogens (primary N) is 1. The Labute approximate surface area is 123 Å². The van der Waals surface area contributed by atoms with E-state index in [1.165, 1.54) is 6.07 Å². The van der Waals surface area contributed by atoms with Crippen LogP contribution in [0.3, 0.4) is 0 Å². The molecule has 1 aromatic carbocycles. The normalized spacial score (nSPS) is 10.3. The van der Waals surface area contributed by atoms with Crippen LogP contribution in [0.15, 0.2) is 36.5 Å². The summed E-state index contributed by atoms with van der Waals surface area (Å²) in [5.41, 5.74) is 8.48. The Balaban J connectivity index is 2.13. The van der Waals surface area contributed by atoms with Crippen LogP contribution in [0.25, 0.3) is 0 Å². The standard InChI is InChI=1S/C15H16FN3S/c1-2-10-4-3-7-18-14(10)9-19-13-6-5-11(15(17)20)8-12(13)16/h3-8,19H,2,9H2,1H3,(H2,17,20). The van der Waals surface area contributed by atoms with Gasteiger partial charge in [0.05, 0.1) is 17.9 Å². The Morgan fingerprint density at radius 3 is 2.85 bits per heavy atom. The number of hydrogen-bond donors (Lipinski definition) is 2. The van der Waals surface area contributed by atoms with Crippen LogP contribution in [0.4, 0.5) is 10.1 Å². The summed E-state index contributed by atoms with van der Waals surface area (Å²) in [6.07, 6.45) is 2.64. The molecular weight excluding hydrogens is 273 g/mol. The van der Waals surface area contributed by atoms with Gasteiger partial charge in [-0.25, -0.2) is 4.39 Å². The molecule has 0 aliphatic rings. The van der Waals surface area contributed by atoms with Gasteiger partial charge in [0, 0.05) is 11.8 Å². The molecular formula is C15H16FN3S. The third-order valence-electron chi connectivity index (χ3n) is 3.07. The zero-order valence-corrected chi connectivity index (χ0v) is 12.0. The predicted octanol–water partition coefficient (Wildman–Crippen LogP) is 3.03. The van der Waals surface area contributed by atoms with E-state index in [1.54, 1.807) is 18.3 Å². The number of halogens is 1. The number of rotatable bonds is 5. The summed E-state index contributed by atoms with van der Waals surface area (Å²) < 4.78 is 13.9. The molecule has 0 saturated carbocycles. The second-order valence-corrected chi connectivity index (χ2v) is 4.82. The first kappa shape index (κ1) is 14.4. The van der Waals surface area contributed by atoms with Gasteiger partial charge in [0.25, 0.3) is 0 Å². The molecule has 3 N–H and O–H groups in total. The molecule has 104 valence electrons. The lowest BCUT2D eigenvalue weighted by Gasteiger charge is -2.10. The fraction of sp³-hybridized carbons (Fsp3) is 0.200. The van der Waals surface area contributed by atoms with Crippen LogP contribution in [0.2, 0.25) is 0 Å². The molecule has 5 heteroatoms. The summed E-state index contributed by atoms with van der Waals surface area (Å²) in [5, 5.41) is 3.05. The van der Waals surface area contributed by atoms with E-state index >= 15 is 0 Å². The van der Waals surface area contributed by atoms with Crippen molar-refractivity contribution in [3.63, 3.8) is 0 Å². The van der Waals surface area contributed by atoms with Crippen molar-refractivity contribution in [3.05, 3.63) is 59.2 Å². The summed E-state index contributed by atoms with van der Waals surface area (Å²) in [6, 6.07) is 8.60. The lowest BCUT2D eigenvalue weighted by molar-refractivity contribution is 0.629. The summed E-state index contributed by atoms with van der Waals surface area (Å²) in [7, 11) is 0. The Bertz CT molecular complexity index is 628. The third kappa shape index (κ3) is 3.30. The molecule has 1 aromatic heterocycles. The van der Waals surface area contributed by atoms with Gasteiger partial charge in [-0.1, -0.05) is 25.2 Å². The van der Waals surface area contributed by atoms with Crippen molar-refractivity contribution in [2.75, 3.05) is 5.32 Å². The average molecular weight is 289 g/mol. The van der Waals surface area contributed by atoms with E-state index < -0.39 is 0 Å². The molecule has 0 aliphatic heterocycles. The molecule has 0 bridgehead atoms. The largest absolute Gasteiger partial charge is 0.389 e. The Kier molecular flexibility index (Phi) is 4.63. The maximum Gasteiger partial charge on any atom is 0.146 e. The molecule has 0 atom stereocenters. The van der Waals surface area contributed by atoms with Gasteiger partial charge < -0.3 is 11.1 Å². The van der Waals surface area contributed by atoms with E-state index in [9.17, 15) is 4.39 Å². The van der Waals surface area contributed by atoms with Gasteiger partial charge in [0.1, 0.15) is 10.8 Å². The molecule has 2 rings (SSSR count). The molecule has 1 heterocycles. The molecule has 0 saturated heterocycles. The highest BCUT2D eigenvalue weighted by molar-refractivity contribution is 7.80. The average Bonchev–Trinajstić information content (AvgIpc) is 2.46. The fourth-order valence-corrected chi connectivity index (χ4v) is 2.07. The van der Waals surface area contributed by atoms with Gasteiger partial charge in [-0.15, -0.1) is 0 Å². The highest BCUT2D eigenvalue weighted by atomic mass is 32.1. The first-order valence-electron chi connectivity index (χ1n) is 6.37. The molecule has 0 spiro atoms. The number of nitrogens with one attached hydrogen (secondary N) is 1.